The van der Waals surface area contributed by atoms with Crippen molar-refractivity contribution < 1.29 is 0 Å². The van der Waals surface area contributed by atoms with Crippen LogP contribution in [0.15, 0.2) is 42.9 Å². The molecule has 0 radical (unpaired) electrons. The van der Waals surface area contributed by atoms with Crippen molar-refractivity contribution in [3.8, 4) is 11.4 Å². The first-order valence-corrected chi connectivity index (χ1v) is 8.06. The number of nitrogens with zero attached hydrogens (tertiary/aromatic N) is 3. The van der Waals surface area contributed by atoms with E-state index in [1.165, 1.54) is 5.57 Å². The van der Waals surface area contributed by atoms with Crippen LogP contribution in [0.25, 0.3) is 38.8 Å². The molecule has 0 aliphatic carbocycles. The average molecular weight is 316 g/mol. The maximum atomic E-state index is 4.59. The van der Waals surface area contributed by atoms with Gasteiger partial charge in [0.15, 0.2) is 0 Å². The third kappa shape index (κ3) is 2.11. The number of rotatable bonds is 2. The molecule has 0 saturated heterocycles. The minimum atomic E-state index is 0.905. The Morgan fingerprint density at radius 2 is 2.08 bits per heavy atom. The van der Waals surface area contributed by atoms with Gasteiger partial charge in [-0.2, -0.15) is 5.10 Å². The highest BCUT2D eigenvalue weighted by Crippen LogP contribution is 2.30. The Labute approximate surface area is 138 Å². The van der Waals surface area contributed by atoms with Crippen LogP contribution in [0.3, 0.4) is 0 Å². The summed E-state index contributed by atoms with van der Waals surface area (Å²) < 4.78 is 0. The summed E-state index contributed by atoms with van der Waals surface area (Å²) in [6, 6.07) is 6.24. The van der Waals surface area contributed by atoms with Crippen LogP contribution in [-0.4, -0.2) is 38.2 Å². The van der Waals surface area contributed by atoms with Crippen LogP contribution in [0.1, 0.15) is 12.1 Å². The molecule has 1 aliphatic heterocycles. The number of hydrogen-bond acceptors (Lipinski definition) is 4. The van der Waals surface area contributed by atoms with Gasteiger partial charge < -0.3 is 10.3 Å². The highest BCUT2D eigenvalue weighted by atomic mass is 15.1. The van der Waals surface area contributed by atoms with Gasteiger partial charge in [0.1, 0.15) is 5.69 Å². The molecule has 24 heavy (non-hydrogen) atoms. The Balaban J connectivity index is 1.66. The number of pyridine rings is 2. The Bertz CT molecular complexity index is 1040. The molecule has 0 spiro atoms. The van der Waals surface area contributed by atoms with Gasteiger partial charge in [-0.05, 0) is 36.7 Å². The predicted molar refractivity (Wildman–Crippen MR) is 94.4 cm³/mol. The van der Waals surface area contributed by atoms with Gasteiger partial charge in [-0.15, -0.1) is 0 Å². The van der Waals surface area contributed by atoms with Crippen LogP contribution in [0.4, 0.5) is 0 Å². The summed E-state index contributed by atoms with van der Waals surface area (Å²) in [7, 11) is 0. The smallest absolute Gasteiger partial charge is 0.116 e. The minimum Gasteiger partial charge on any atom is -0.352 e. The molecule has 0 unspecified atom stereocenters. The van der Waals surface area contributed by atoms with Crippen LogP contribution in [-0.2, 0) is 0 Å². The lowest BCUT2D eigenvalue weighted by Gasteiger charge is -2.13. The lowest BCUT2D eigenvalue weighted by atomic mass is 10.0. The Kier molecular flexibility index (Phi) is 2.96. The standard InChI is InChI=1S/C18H16N6/c1-4-19-5-2-11(1)14-8-13-17(10-21-14)23-24-18(13)15-7-12-3-6-20-9-16(12)22-15/h1,3,6-10,19,22H,2,4-5H2,(H,23,24). The van der Waals surface area contributed by atoms with Gasteiger partial charge in [0.2, 0.25) is 0 Å². The highest BCUT2D eigenvalue weighted by Gasteiger charge is 2.14. The molecular formula is C18H16N6. The SMILES string of the molecule is C1=C(c2cc3c(-c4cc5ccncc5[nH]4)n[nH]c3cn2)CCNC1. The quantitative estimate of drug-likeness (QED) is 0.531. The molecule has 0 amide bonds. The average Bonchev–Trinajstić information content (AvgIpc) is 3.25. The molecule has 4 aromatic heterocycles. The lowest BCUT2D eigenvalue weighted by Crippen LogP contribution is -2.20. The van der Waals surface area contributed by atoms with E-state index in [-0.39, 0.29) is 0 Å². The number of hydrogen-bond donors (Lipinski definition) is 3. The second-order valence-corrected chi connectivity index (χ2v) is 6.02. The molecule has 3 N–H and O–H groups in total. The van der Waals surface area contributed by atoms with Gasteiger partial charge in [-0.25, -0.2) is 0 Å². The van der Waals surface area contributed by atoms with Crippen LogP contribution < -0.4 is 5.32 Å². The molecule has 0 bridgehead atoms. The molecule has 0 aromatic carbocycles. The van der Waals surface area contributed by atoms with Crippen LogP contribution in [0, 0.1) is 0 Å². The van der Waals surface area contributed by atoms with E-state index in [1.807, 2.05) is 18.5 Å². The Hall–Kier alpha value is -2.99. The van der Waals surface area contributed by atoms with Gasteiger partial charge in [0, 0.05) is 23.5 Å². The maximum Gasteiger partial charge on any atom is 0.116 e. The summed E-state index contributed by atoms with van der Waals surface area (Å²) in [5, 5.41) is 13.1. The fourth-order valence-corrected chi connectivity index (χ4v) is 3.25. The van der Waals surface area contributed by atoms with Gasteiger partial charge in [0.25, 0.3) is 0 Å². The summed E-state index contributed by atoms with van der Waals surface area (Å²) >= 11 is 0. The van der Waals surface area contributed by atoms with Crippen LogP contribution in [0.2, 0.25) is 0 Å². The molecular weight excluding hydrogens is 300 g/mol. The number of nitrogens with one attached hydrogen (secondary N) is 3. The number of H-pyrrole nitrogens is 2. The van der Waals surface area contributed by atoms with Crippen molar-refractivity contribution in [2.45, 2.75) is 6.42 Å². The zero-order valence-corrected chi connectivity index (χ0v) is 13.0. The van der Waals surface area contributed by atoms with E-state index in [4.69, 9.17) is 0 Å². The minimum absolute atomic E-state index is 0.905. The topological polar surface area (TPSA) is 82.3 Å². The molecule has 0 atom stereocenters. The third-order valence-electron chi connectivity index (χ3n) is 4.52. The molecule has 0 saturated carbocycles. The van der Waals surface area contributed by atoms with E-state index in [2.05, 4.69) is 48.7 Å². The van der Waals surface area contributed by atoms with Crippen molar-refractivity contribution in [3.63, 3.8) is 0 Å². The van der Waals surface area contributed by atoms with Crippen molar-refractivity contribution in [1.29, 1.82) is 0 Å². The predicted octanol–water partition coefficient (Wildman–Crippen LogP) is 2.88. The zero-order valence-electron chi connectivity index (χ0n) is 13.0. The van der Waals surface area contributed by atoms with Crippen LogP contribution >= 0.6 is 0 Å². The van der Waals surface area contributed by atoms with E-state index in [1.54, 1.807) is 6.20 Å². The van der Waals surface area contributed by atoms with Gasteiger partial charge in [0.05, 0.1) is 34.8 Å². The molecule has 1 aliphatic rings. The van der Waals surface area contributed by atoms with Gasteiger partial charge in [-0.3, -0.25) is 15.1 Å². The second-order valence-electron chi connectivity index (χ2n) is 6.02. The largest absolute Gasteiger partial charge is 0.352 e. The summed E-state index contributed by atoms with van der Waals surface area (Å²) in [5.74, 6) is 0. The highest BCUT2D eigenvalue weighted by molar-refractivity contribution is 5.96. The molecule has 6 heteroatoms. The van der Waals surface area contributed by atoms with E-state index in [0.29, 0.717) is 0 Å². The van der Waals surface area contributed by atoms with Crippen molar-refractivity contribution in [2.75, 3.05) is 13.1 Å². The molecule has 6 nitrogen and oxygen atoms in total. The molecule has 5 rings (SSSR count). The second kappa shape index (κ2) is 5.28. The van der Waals surface area contributed by atoms with Gasteiger partial charge in [-0.1, -0.05) is 6.08 Å². The summed E-state index contributed by atoms with van der Waals surface area (Å²) in [6.45, 7) is 1.90. The fourth-order valence-electron chi connectivity index (χ4n) is 3.25. The van der Waals surface area contributed by atoms with Crippen molar-refractivity contribution in [2.24, 2.45) is 0 Å². The fraction of sp³-hybridized carbons (Fsp3) is 0.167. The van der Waals surface area contributed by atoms with Crippen molar-refractivity contribution in [1.82, 2.24) is 30.5 Å². The molecule has 5 heterocycles. The van der Waals surface area contributed by atoms with E-state index < -0.39 is 0 Å². The maximum absolute atomic E-state index is 4.59. The molecule has 0 fully saturated rings. The first-order valence-electron chi connectivity index (χ1n) is 8.06. The lowest BCUT2D eigenvalue weighted by molar-refractivity contribution is 0.737. The van der Waals surface area contributed by atoms with E-state index in [0.717, 1.165) is 58.4 Å². The van der Waals surface area contributed by atoms with Gasteiger partial charge >= 0.3 is 0 Å². The monoisotopic (exact) mass is 316 g/mol. The third-order valence-corrected chi connectivity index (χ3v) is 4.52. The summed E-state index contributed by atoms with van der Waals surface area (Å²) in [4.78, 5) is 12.2. The first kappa shape index (κ1) is 13.4. The molecule has 4 aromatic rings. The van der Waals surface area contributed by atoms with Crippen molar-refractivity contribution in [3.05, 3.63) is 48.6 Å². The van der Waals surface area contributed by atoms with Crippen molar-refractivity contribution >= 4 is 27.4 Å². The first-order chi connectivity index (χ1) is 11.9. The van der Waals surface area contributed by atoms with Crippen LogP contribution in [0.5, 0.6) is 0 Å². The Morgan fingerprint density at radius 1 is 1.08 bits per heavy atom. The summed E-state index contributed by atoms with van der Waals surface area (Å²) in [6.07, 6.45) is 8.72. The molecule has 118 valence electrons. The normalized spacial score (nSPS) is 15.1. The number of aromatic amines is 2. The van der Waals surface area contributed by atoms with E-state index in [9.17, 15) is 0 Å². The van der Waals surface area contributed by atoms with E-state index >= 15 is 0 Å². The number of aromatic nitrogens is 5. The summed E-state index contributed by atoms with van der Waals surface area (Å²) in [5.41, 5.74) is 6.19. The number of fused-ring (bicyclic) bond motifs is 2. The zero-order chi connectivity index (χ0) is 15.9. The Morgan fingerprint density at radius 3 is 2.96 bits per heavy atom.